The van der Waals surface area contributed by atoms with Crippen molar-refractivity contribution in [2.75, 3.05) is 36.4 Å². The van der Waals surface area contributed by atoms with Gasteiger partial charge < -0.3 is 10.2 Å². The smallest absolute Gasteiger partial charge is 0.238 e. The SMILES string of the molecule is CCN(CC(=O)Nc1ccc(N2CCCC2)cc1)Cc1ccc(Cl)s1. The Balaban J connectivity index is 1.52. The highest BCUT2D eigenvalue weighted by molar-refractivity contribution is 7.16. The largest absolute Gasteiger partial charge is 0.372 e. The molecule has 2 heterocycles. The van der Waals surface area contributed by atoms with E-state index in [1.807, 2.05) is 24.3 Å². The maximum atomic E-state index is 12.3. The molecule has 1 saturated heterocycles. The summed E-state index contributed by atoms with van der Waals surface area (Å²) < 4.78 is 0.786. The van der Waals surface area contributed by atoms with E-state index >= 15 is 0 Å². The number of hydrogen-bond acceptors (Lipinski definition) is 4. The highest BCUT2D eigenvalue weighted by atomic mass is 35.5. The lowest BCUT2D eigenvalue weighted by Crippen LogP contribution is -2.32. The van der Waals surface area contributed by atoms with Crippen LogP contribution < -0.4 is 10.2 Å². The molecule has 6 heteroatoms. The fourth-order valence-electron chi connectivity index (χ4n) is 3.07. The fourth-order valence-corrected chi connectivity index (χ4v) is 4.20. The Hall–Kier alpha value is -1.56. The van der Waals surface area contributed by atoms with Crippen LogP contribution in [0.1, 0.15) is 24.6 Å². The van der Waals surface area contributed by atoms with E-state index in [0.717, 1.165) is 36.2 Å². The van der Waals surface area contributed by atoms with Gasteiger partial charge in [0.15, 0.2) is 0 Å². The van der Waals surface area contributed by atoms with E-state index in [1.165, 1.54) is 23.4 Å². The van der Waals surface area contributed by atoms with E-state index in [9.17, 15) is 4.79 Å². The number of nitrogens with zero attached hydrogens (tertiary/aromatic N) is 2. The standard InChI is InChI=1S/C19H24ClN3OS/c1-2-22(13-17-9-10-18(20)25-17)14-19(24)21-15-5-7-16(8-6-15)23-11-3-4-12-23/h5-10H,2-4,11-14H2,1H3,(H,21,24). The van der Waals surface area contributed by atoms with Crippen molar-refractivity contribution in [1.82, 2.24) is 4.90 Å². The molecule has 1 aliphatic heterocycles. The summed E-state index contributed by atoms with van der Waals surface area (Å²) in [5, 5.41) is 2.99. The molecule has 0 aliphatic carbocycles. The molecule has 1 amide bonds. The molecule has 3 rings (SSSR count). The van der Waals surface area contributed by atoms with Crippen molar-refractivity contribution in [2.45, 2.75) is 26.3 Å². The maximum absolute atomic E-state index is 12.3. The van der Waals surface area contributed by atoms with Crippen LogP contribution >= 0.6 is 22.9 Å². The minimum atomic E-state index is 0.0124. The number of benzene rings is 1. The van der Waals surface area contributed by atoms with Crippen molar-refractivity contribution >= 4 is 40.2 Å². The lowest BCUT2D eigenvalue weighted by Gasteiger charge is -2.20. The van der Waals surface area contributed by atoms with Gasteiger partial charge in [0.05, 0.1) is 10.9 Å². The van der Waals surface area contributed by atoms with Crippen LogP contribution in [0.4, 0.5) is 11.4 Å². The highest BCUT2D eigenvalue weighted by Gasteiger charge is 2.13. The van der Waals surface area contributed by atoms with Crippen LogP contribution in [0, 0.1) is 0 Å². The lowest BCUT2D eigenvalue weighted by molar-refractivity contribution is -0.117. The molecule has 2 aromatic rings. The molecule has 1 N–H and O–H groups in total. The number of nitrogens with one attached hydrogen (secondary N) is 1. The quantitative estimate of drug-likeness (QED) is 0.773. The molecule has 134 valence electrons. The number of thiophene rings is 1. The Kier molecular flexibility index (Phi) is 6.34. The summed E-state index contributed by atoms with van der Waals surface area (Å²) in [4.78, 5) is 18.0. The zero-order valence-corrected chi connectivity index (χ0v) is 16.1. The second-order valence-electron chi connectivity index (χ2n) is 6.30. The van der Waals surface area contributed by atoms with Gasteiger partial charge in [0, 0.05) is 35.9 Å². The summed E-state index contributed by atoms with van der Waals surface area (Å²) in [7, 11) is 0. The predicted molar refractivity (Wildman–Crippen MR) is 107 cm³/mol. The molecular formula is C19H24ClN3OS. The molecule has 25 heavy (non-hydrogen) atoms. The number of anilines is 2. The Morgan fingerprint density at radius 3 is 2.52 bits per heavy atom. The lowest BCUT2D eigenvalue weighted by atomic mass is 10.2. The first-order valence-electron chi connectivity index (χ1n) is 8.75. The van der Waals surface area contributed by atoms with E-state index in [4.69, 9.17) is 11.6 Å². The maximum Gasteiger partial charge on any atom is 0.238 e. The second kappa shape index (κ2) is 8.70. The van der Waals surface area contributed by atoms with Gasteiger partial charge in [0.2, 0.25) is 5.91 Å². The Bertz CT molecular complexity index is 695. The Morgan fingerprint density at radius 2 is 1.92 bits per heavy atom. The van der Waals surface area contributed by atoms with Gasteiger partial charge in [-0.25, -0.2) is 0 Å². The average molecular weight is 378 g/mol. The van der Waals surface area contributed by atoms with Crippen LogP contribution in [0.3, 0.4) is 0 Å². The zero-order valence-electron chi connectivity index (χ0n) is 14.5. The van der Waals surface area contributed by atoms with Crippen LogP contribution in [0.15, 0.2) is 36.4 Å². The third-order valence-corrected chi connectivity index (χ3v) is 5.66. The van der Waals surface area contributed by atoms with Gasteiger partial charge in [-0.05, 0) is 55.8 Å². The molecule has 1 fully saturated rings. The normalized spacial score (nSPS) is 14.3. The van der Waals surface area contributed by atoms with Gasteiger partial charge in [-0.1, -0.05) is 18.5 Å². The molecular weight excluding hydrogens is 354 g/mol. The van der Waals surface area contributed by atoms with Gasteiger partial charge in [0.1, 0.15) is 0 Å². The molecule has 0 spiro atoms. The Labute approximate surface area is 158 Å². The van der Waals surface area contributed by atoms with Gasteiger partial charge in [0.25, 0.3) is 0 Å². The summed E-state index contributed by atoms with van der Waals surface area (Å²) >= 11 is 7.54. The third kappa shape index (κ3) is 5.21. The van der Waals surface area contributed by atoms with Gasteiger partial charge in [-0.2, -0.15) is 0 Å². The van der Waals surface area contributed by atoms with Crippen molar-refractivity contribution in [2.24, 2.45) is 0 Å². The first kappa shape index (κ1) is 18.2. The van der Waals surface area contributed by atoms with Gasteiger partial charge in [-0.3, -0.25) is 9.69 Å². The van der Waals surface area contributed by atoms with Gasteiger partial charge >= 0.3 is 0 Å². The minimum Gasteiger partial charge on any atom is -0.372 e. The predicted octanol–water partition coefficient (Wildman–Crippen LogP) is 4.46. The minimum absolute atomic E-state index is 0.0124. The van der Waals surface area contributed by atoms with Gasteiger partial charge in [-0.15, -0.1) is 11.3 Å². The summed E-state index contributed by atoms with van der Waals surface area (Å²) in [6, 6.07) is 12.1. The fraction of sp³-hybridized carbons (Fsp3) is 0.421. The molecule has 0 radical (unpaired) electrons. The first-order chi connectivity index (χ1) is 12.1. The molecule has 0 atom stereocenters. The average Bonchev–Trinajstić information content (AvgIpc) is 3.27. The zero-order chi connectivity index (χ0) is 17.6. The number of likely N-dealkylation sites (N-methyl/N-ethyl adjacent to an activating group) is 1. The van der Waals surface area contributed by atoms with E-state index in [1.54, 1.807) is 11.3 Å². The van der Waals surface area contributed by atoms with Crippen molar-refractivity contribution < 1.29 is 4.79 Å². The molecule has 4 nitrogen and oxygen atoms in total. The van der Waals surface area contributed by atoms with Crippen LogP contribution in [0.5, 0.6) is 0 Å². The number of hydrogen-bond donors (Lipinski definition) is 1. The first-order valence-corrected chi connectivity index (χ1v) is 9.95. The summed E-state index contributed by atoms with van der Waals surface area (Å²) in [6.07, 6.45) is 2.53. The van der Waals surface area contributed by atoms with E-state index < -0.39 is 0 Å². The number of carbonyl (C=O) groups excluding carboxylic acids is 1. The van der Waals surface area contributed by atoms with E-state index in [-0.39, 0.29) is 5.91 Å². The molecule has 1 aromatic heterocycles. The van der Waals surface area contributed by atoms with Crippen LogP contribution in [0.25, 0.3) is 0 Å². The summed E-state index contributed by atoms with van der Waals surface area (Å²) in [5.41, 5.74) is 2.09. The third-order valence-electron chi connectivity index (χ3n) is 4.45. The number of amides is 1. The van der Waals surface area contributed by atoms with E-state index in [0.29, 0.717) is 6.54 Å². The Morgan fingerprint density at radius 1 is 1.20 bits per heavy atom. The summed E-state index contributed by atoms with van der Waals surface area (Å²) in [5.74, 6) is 0.0124. The molecule has 1 aromatic carbocycles. The topological polar surface area (TPSA) is 35.6 Å². The molecule has 0 saturated carbocycles. The monoisotopic (exact) mass is 377 g/mol. The number of carbonyl (C=O) groups is 1. The van der Waals surface area contributed by atoms with Crippen LogP contribution in [-0.2, 0) is 11.3 Å². The highest BCUT2D eigenvalue weighted by Crippen LogP contribution is 2.23. The van der Waals surface area contributed by atoms with Crippen molar-refractivity contribution in [3.8, 4) is 0 Å². The molecule has 0 bridgehead atoms. The van der Waals surface area contributed by atoms with Crippen LogP contribution in [-0.4, -0.2) is 37.0 Å². The number of halogens is 1. The van der Waals surface area contributed by atoms with Crippen LogP contribution in [0.2, 0.25) is 4.34 Å². The molecule has 1 aliphatic rings. The van der Waals surface area contributed by atoms with Crippen molar-refractivity contribution in [3.05, 3.63) is 45.6 Å². The van der Waals surface area contributed by atoms with Crippen molar-refractivity contribution in [3.63, 3.8) is 0 Å². The number of rotatable bonds is 7. The second-order valence-corrected chi connectivity index (χ2v) is 8.10. The van der Waals surface area contributed by atoms with Crippen molar-refractivity contribution in [1.29, 1.82) is 0 Å². The van der Waals surface area contributed by atoms with E-state index in [2.05, 4.69) is 34.2 Å². The molecule has 0 unspecified atom stereocenters. The summed E-state index contributed by atoms with van der Waals surface area (Å²) in [6.45, 7) is 6.26.